The molecule has 0 radical (unpaired) electrons. The number of aromatic nitrogens is 2. The van der Waals surface area contributed by atoms with Gasteiger partial charge < -0.3 is 5.73 Å². The molecule has 0 aliphatic carbocycles. The summed E-state index contributed by atoms with van der Waals surface area (Å²) in [6, 6.07) is 9.12. The van der Waals surface area contributed by atoms with Gasteiger partial charge in [0, 0.05) is 11.1 Å². The molecule has 0 aliphatic rings. The predicted octanol–water partition coefficient (Wildman–Crippen LogP) is 2.11. The Hall–Kier alpha value is -1.48. The number of nitrogens with zero attached hydrogens (tertiary/aromatic N) is 2. The first-order chi connectivity index (χ1) is 6.27. The van der Waals surface area contributed by atoms with Gasteiger partial charge in [-0.15, -0.1) is 0 Å². The Kier molecular flexibility index (Phi) is 1.94. The van der Waals surface area contributed by atoms with E-state index in [1.807, 2.05) is 24.3 Å². The van der Waals surface area contributed by atoms with Gasteiger partial charge in [-0.25, -0.2) is 4.68 Å². The number of nitrogen functional groups attached to an aromatic ring is 1. The van der Waals surface area contributed by atoms with Crippen LogP contribution in [0.2, 0.25) is 5.02 Å². The molecule has 1 aromatic heterocycles. The molecule has 2 N–H and O–H groups in total. The van der Waals surface area contributed by atoms with Crippen molar-refractivity contribution in [2.75, 3.05) is 5.73 Å². The second kappa shape index (κ2) is 3.11. The Morgan fingerprint density at radius 3 is 2.77 bits per heavy atom. The minimum Gasteiger partial charge on any atom is -0.384 e. The summed E-state index contributed by atoms with van der Waals surface area (Å²) in [7, 11) is 0. The van der Waals surface area contributed by atoms with Crippen LogP contribution in [0.5, 0.6) is 0 Å². The van der Waals surface area contributed by atoms with Gasteiger partial charge >= 0.3 is 0 Å². The van der Waals surface area contributed by atoms with E-state index in [4.69, 9.17) is 17.3 Å². The van der Waals surface area contributed by atoms with Gasteiger partial charge in [0.25, 0.3) is 0 Å². The van der Waals surface area contributed by atoms with E-state index < -0.39 is 0 Å². The second-order valence-corrected chi connectivity index (χ2v) is 3.08. The third-order valence-electron chi connectivity index (χ3n) is 1.72. The molecule has 0 bridgehead atoms. The molecule has 0 fully saturated rings. The molecule has 0 unspecified atom stereocenters. The summed E-state index contributed by atoms with van der Waals surface area (Å²) in [5.41, 5.74) is 6.55. The van der Waals surface area contributed by atoms with Crippen molar-refractivity contribution < 1.29 is 0 Å². The third-order valence-corrected chi connectivity index (χ3v) is 1.96. The van der Waals surface area contributed by atoms with Crippen LogP contribution < -0.4 is 5.73 Å². The lowest BCUT2D eigenvalue weighted by Gasteiger charge is -2.03. The normalized spacial score (nSPS) is 10.2. The molecule has 0 saturated carbocycles. The average molecular weight is 194 g/mol. The van der Waals surface area contributed by atoms with Crippen molar-refractivity contribution in [1.82, 2.24) is 9.78 Å². The van der Waals surface area contributed by atoms with E-state index in [1.165, 1.54) is 0 Å². The number of rotatable bonds is 1. The lowest BCUT2D eigenvalue weighted by atomic mass is 10.3. The fourth-order valence-corrected chi connectivity index (χ4v) is 1.32. The maximum absolute atomic E-state index is 5.83. The molecule has 3 nitrogen and oxygen atoms in total. The van der Waals surface area contributed by atoms with Crippen molar-refractivity contribution in [2.45, 2.75) is 0 Å². The first kappa shape index (κ1) is 8.13. The number of halogens is 1. The quantitative estimate of drug-likeness (QED) is 0.754. The van der Waals surface area contributed by atoms with Crippen molar-refractivity contribution in [3.63, 3.8) is 0 Å². The highest BCUT2D eigenvalue weighted by Crippen LogP contribution is 2.16. The molecular formula is C9H8ClN3. The second-order valence-electron chi connectivity index (χ2n) is 2.65. The molecule has 0 amide bonds. The molecule has 13 heavy (non-hydrogen) atoms. The van der Waals surface area contributed by atoms with E-state index in [0.717, 1.165) is 5.69 Å². The Bertz CT molecular complexity index is 422. The number of hydrogen-bond donors (Lipinski definition) is 1. The van der Waals surface area contributed by atoms with E-state index >= 15 is 0 Å². The van der Waals surface area contributed by atoms with E-state index in [-0.39, 0.29) is 0 Å². The summed E-state index contributed by atoms with van der Waals surface area (Å²) in [5, 5.41) is 4.73. The highest BCUT2D eigenvalue weighted by Gasteiger charge is 2.00. The Labute approximate surface area is 80.7 Å². The van der Waals surface area contributed by atoms with Crippen LogP contribution in [0.3, 0.4) is 0 Å². The minimum atomic E-state index is 0.599. The summed E-state index contributed by atoms with van der Waals surface area (Å²) in [5.74, 6) is 0.599. The van der Waals surface area contributed by atoms with Crippen LogP contribution in [0.15, 0.2) is 36.5 Å². The molecule has 2 aromatic rings. The molecule has 1 aromatic carbocycles. The Balaban J connectivity index is 2.53. The van der Waals surface area contributed by atoms with Crippen molar-refractivity contribution in [2.24, 2.45) is 0 Å². The van der Waals surface area contributed by atoms with Crippen LogP contribution in [-0.2, 0) is 0 Å². The molecule has 1 heterocycles. The molecule has 0 saturated heterocycles. The van der Waals surface area contributed by atoms with Crippen LogP contribution in [-0.4, -0.2) is 9.78 Å². The summed E-state index contributed by atoms with van der Waals surface area (Å²) < 4.78 is 1.63. The van der Waals surface area contributed by atoms with Gasteiger partial charge in [0.15, 0.2) is 0 Å². The maximum Gasteiger partial charge on any atom is 0.127 e. The number of benzene rings is 1. The fraction of sp³-hybridized carbons (Fsp3) is 0. The monoisotopic (exact) mass is 193 g/mol. The zero-order chi connectivity index (χ0) is 9.26. The van der Waals surface area contributed by atoms with Crippen molar-refractivity contribution >= 4 is 17.4 Å². The summed E-state index contributed by atoms with van der Waals surface area (Å²) in [6.45, 7) is 0. The molecule has 66 valence electrons. The SMILES string of the molecule is Nc1ccnn1-c1cccc(Cl)c1. The predicted molar refractivity (Wildman–Crippen MR) is 53.0 cm³/mol. The van der Waals surface area contributed by atoms with Crippen LogP contribution in [0, 0.1) is 0 Å². The van der Waals surface area contributed by atoms with Gasteiger partial charge in [-0.2, -0.15) is 5.10 Å². The molecule has 4 heteroatoms. The molecule has 0 spiro atoms. The minimum absolute atomic E-state index is 0.599. The third kappa shape index (κ3) is 1.51. The van der Waals surface area contributed by atoms with Gasteiger partial charge in [0.2, 0.25) is 0 Å². The van der Waals surface area contributed by atoms with E-state index in [9.17, 15) is 0 Å². The molecular weight excluding hydrogens is 186 g/mol. The summed E-state index contributed by atoms with van der Waals surface area (Å²) >= 11 is 5.83. The van der Waals surface area contributed by atoms with E-state index in [1.54, 1.807) is 16.9 Å². The lowest BCUT2D eigenvalue weighted by molar-refractivity contribution is 0.891. The number of anilines is 1. The average Bonchev–Trinajstić information content (AvgIpc) is 2.51. The Morgan fingerprint density at radius 2 is 2.15 bits per heavy atom. The maximum atomic E-state index is 5.83. The number of nitrogens with two attached hydrogens (primary N) is 1. The van der Waals surface area contributed by atoms with E-state index in [0.29, 0.717) is 10.8 Å². The van der Waals surface area contributed by atoms with Crippen molar-refractivity contribution in [3.8, 4) is 5.69 Å². The number of hydrogen-bond acceptors (Lipinski definition) is 2. The molecule has 2 rings (SSSR count). The van der Waals surface area contributed by atoms with Crippen molar-refractivity contribution in [1.29, 1.82) is 0 Å². The topological polar surface area (TPSA) is 43.8 Å². The van der Waals surface area contributed by atoms with Crippen molar-refractivity contribution in [3.05, 3.63) is 41.6 Å². The first-order valence-electron chi connectivity index (χ1n) is 3.83. The van der Waals surface area contributed by atoms with Crippen LogP contribution in [0.1, 0.15) is 0 Å². The van der Waals surface area contributed by atoms with Gasteiger partial charge in [-0.1, -0.05) is 17.7 Å². The van der Waals surface area contributed by atoms with Crippen LogP contribution >= 0.6 is 11.6 Å². The van der Waals surface area contributed by atoms with Crippen LogP contribution in [0.4, 0.5) is 5.82 Å². The van der Waals surface area contributed by atoms with Gasteiger partial charge in [-0.05, 0) is 18.2 Å². The van der Waals surface area contributed by atoms with Gasteiger partial charge in [0.1, 0.15) is 5.82 Å². The zero-order valence-corrected chi connectivity index (χ0v) is 7.57. The first-order valence-corrected chi connectivity index (χ1v) is 4.20. The van der Waals surface area contributed by atoms with Crippen LogP contribution in [0.25, 0.3) is 5.69 Å². The molecule has 0 atom stereocenters. The highest BCUT2D eigenvalue weighted by atomic mass is 35.5. The van der Waals surface area contributed by atoms with E-state index in [2.05, 4.69) is 5.10 Å². The van der Waals surface area contributed by atoms with Gasteiger partial charge in [-0.3, -0.25) is 0 Å². The summed E-state index contributed by atoms with van der Waals surface area (Å²) in [6.07, 6.45) is 1.65. The highest BCUT2D eigenvalue weighted by molar-refractivity contribution is 6.30. The summed E-state index contributed by atoms with van der Waals surface area (Å²) in [4.78, 5) is 0. The Morgan fingerprint density at radius 1 is 1.31 bits per heavy atom. The molecule has 0 aliphatic heterocycles. The largest absolute Gasteiger partial charge is 0.384 e. The smallest absolute Gasteiger partial charge is 0.127 e. The zero-order valence-electron chi connectivity index (χ0n) is 6.81. The standard InChI is InChI=1S/C9H8ClN3/c10-7-2-1-3-8(6-7)13-9(11)4-5-12-13/h1-6H,11H2. The lowest BCUT2D eigenvalue weighted by Crippen LogP contribution is -2.00. The fourth-order valence-electron chi connectivity index (χ4n) is 1.14. The van der Waals surface area contributed by atoms with Gasteiger partial charge in [0.05, 0.1) is 11.9 Å².